The van der Waals surface area contributed by atoms with Crippen LogP contribution in [0.15, 0.2) is 6.20 Å². The first-order valence-corrected chi connectivity index (χ1v) is 8.01. The summed E-state index contributed by atoms with van der Waals surface area (Å²) >= 11 is 1.65. The Morgan fingerprint density at radius 2 is 2.29 bits per heavy atom. The number of rotatable bonds is 8. The molecule has 1 aromatic heterocycles. The molecule has 0 bridgehead atoms. The molecule has 0 amide bonds. The molecule has 0 unspecified atom stereocenters. The zero-order valence-electron chi connectivity index (χ0n) is 12.5. The minimum Gasteiger partial charge on any atom is -0.506 e. The van der Waals surface area contributed by atoms with E-state index >= 15 is 0 Å². The van der Waals surface area contributed by atoms with Gasteiger partial charge in [-0.05, 0) is 25.4 Å². The highest BCUT2D eigenvalue weighted by Gasteiger charge is 2.20. The largest absolute Gasteiger partial charge is 0.506 e. The van der Waals surface area contributed by atoms with Gasteiger partial charge in [-0.15, -0.1) is 0 Å². The van der Waals surface area contributed by atoms with Crippen molar-refractivity contribution in [3.8, 4) is 5.75 Å². The van der Waals surface area contributed by atoms with Crippen molar-refractivity contribution in [2.24, 2.45) is 0 Å². The molecule has 3 N–H and O–H groups in total. The van der Waals surface area contributed by atoms with Crippen LogP contribution in [0.3, 0.4) is 0 Å². The second-order valence-electron chi connectivity index (χ2n) is 4.59. The van der Waals surface area contributed by atoms with E-state index in [1.165, 1.54) is 13.3 Å². The smallest absolute Gasteiger partial charge is 0.322 e. The molecule has 0 fully saturated rings. The summed E-state index contributed by atoms with van der Waals surface area (Å²) in [6, 6.07) is -0.443. The maximum absolute atomic E-state index is 11.7. The van der Waals surface area contributed by atoms with Crippen molar-refractivity contribution in [2.75, 3.05) is 19.1 Å². The van der Waals surface area contributed by atoms with Gasteiger partial charge in [-0.25, -0.2) is 0 Å². The standard InChI is InChI=1S/C14H22N2O4S/c1-9-13(18)11(10(8-17)6-15-9)7-16-12(4-5-21-3)14(19)20-2/h6,12,16-18H,4-5,7-8H2,1-3H3/t12-/m0/s1. The van der Waals surface area contributed by atoms with Crippen LogP contribution in [0.25, 0.3) is 0 Å². The summed E-state index contributed by atoms with van der Waals surface area (Å²) in [6.07, 6.45) is 4.13. The van der Waals surface area contributed by atoms with E-state index in [9.17, 15) is 15.0 Å². The highest BCUT2D eigenvalue weighted by Crippen LogP contribution is 2.23. The number of pyridine rings is 1. The minimum atomic E-state index is -0.443. The average molecular weight is 314 g/mol. The van der Waals surface area contributed by atoms with Crippen LogP contribution < -0.4 is 5.32 Å². The lowest BCUT2D eigenvalue weighted by Crippen LogP contribution is -2.38. The molecule has 118 valence electrons. The number of nitrogens with zero attached hydrogens (tertiary/aromatic N) is 1. The fourth-order valence-corrected chi connectivity index (χ4v) is 2.40. The van der Waals surface area contributed by atoms with Crippen molar-refractivity contribution < 1.29 is 19.7 Å². The van der Waals surface area contributed by atoms with Gasteiger partial charge in [-0.1, -0.05) is 0 Å². The molecule has 1 heterocycles. The van der Waals surface area contributed by atoms with E-state index in [0.717, 1.165) is 5.75 Å². The Morgan fingerprint density at radius 3 is 2.86 bits per heavy atom. The third-order valence-corrected chi connectivity index (χ3v) is 3.87. The summed E-state index contributed by atoms with van der Waals surface area (Å²) in [7, 11) is 1.35. The number of aromatic hydroxyl groups is 1. The summed E-state index contributed by atoms with van der Waals surface area (Å²) in [5, 5.41) is 22.5. The molecule has 1 atom stereocenters. The first kappa shape index (κ1) is 17.7. The predicted molar refractivity (Wildman–Crippen MR) is 82.2 cm³/mol. The number of carbonyl (C=O) groups excluding carboxylic acids is 1. The van der Waals surface area contributed by atoms with E-state index < -0.39 is 6.04 Å². The molecular weight excluding hydrogens is 292 g/mol. The predicted octanol–water partition coefficient (Wildman–Crippen LogP) is 0.972. The van der Waals surface area contributed by atoms with E-state index in [2.05, 4.69) is 10.3 Å². The summed E-state index contributed by atoms with van der Waals surface area (Å²) in [6.45, 7) is 1.73. The number of nitrogens with one attached hydrogen (secondary N) is 1. The lowest BCUT2D eigenvalue weighted by atomic mass is 10.1. The third kappa shape index (κ3) is 4.87. The number of aliphatic hydroxyl groups is 1. The molecule has 0 aliphatic heterocycles. The number of aryl methyl sites for hydroxylation is 1. The quantitative estimate of drug-likeness (QED) is 0.616. The second-order valence-corrected chi connectivity index (χ2v) is 5.58. The van der Waals surface area contributed by atoms with Gasteiger partial charge in [0.05, 0.1) is 19.4 Å². The molecule has 0 radical (unpaired) electrons. The number of hydrogen-bond donors (Lipinski definition) is 3. The number of carbonyl (C=O) groups is 1. The molecule has 7 heteroatoms. The SMILES string of the molecule is COC(=O)[C@H](CCSC)NCc1c(CO)cnc(C)c1O. The molecular formula is C14H22N2O4S. The number of methoxy groups -OCH3 is 1. The molecule has 0 aliphatic rings. The molecule has 21 heavy (non-hydrogen) atoms. The topological polar surface area (TPSA) is 91.7 Å². The lowest BCUT2D eigenvalue weighted by Gasteiger charge is -2.18. The number of ether oxygens (including phenoxy) is 1. The van der Waals surface area contributed by atoms with Gasteiger partial charge in [0.25, 0.3) is 0 Å². The van der Waals surface area contributed by atoms with E-state index in [1.54, 1.807) is 18.7 Å². The highest BCUT2D eigenvalue weighted by atomic mass is 32.2. The molecule has 6 nitrogen and oxygen atoms in total. The van der Waals surface area contributed by atoms with Gasteiger partial charge in [0, 0.05) is 23.9 Å². The molecule has 0 saturated carbocycles. The van der Waals surface area contributed by atoms with Crippen molar-refractivity contribution in [3.63, 3.8) is 0 Å². The van der Waals surface area contributed by atoms with Crippen molar-refractivity contribution in [1.29, 1.82) is 0 Å². The Labute approximate surface area is 128 Å². The van der Waals surface area contributed by atoms with Gasteiger partial charge in [0.15, 0.2) is 0 Å². The van der Waals surface area contributed by atoms with Gasteiger partial charge in [0.1, 0.15) is 11.8 Å². The average Bonchev–Trinajstić information content (AvgIpc) is 2.50. The maximum Gasteiger partial charge on any atom is 0.322 e. The Kier molecular flexibility index (Phi) is 7.49. The van der Waals surface area contributed by atoms with Crippen molar-refractivity contribution >= 4 is 17.7 Å². The van der Waals surface area contributed by atoms with E-state index in [1.807, 2.05) is 6.26 Å². The minimum absolute atomic E-state index is 0.0440. The van der Waals surface area contributed by atoms with Crippen LogP contribution in [0, 0.1) is 6.92 Å². The number of thioether (sulfide) groups is 1. The van der Waals surface area contributed by atoms with Crippen molar-refractivity contribution in [1.82, 2.24) is 10.3 Å². The van der Waals surface area contributed by atoms with E-state index in [4.69, 9.17) is 4.74 Å². The fourth-order valence-electron chi connectivity index (χ4n) is 1.92. The van der Waals surface area contributed by atoms with Crippen LogP contribution in [-0.4, -0.2) is 46.3 Å². The normalized spacial score (nSPS) is 12.2. The van der Waals surface area contributed by atoms with Crippen LogP contribution in [0.1, 0.15) is 23.2 Å². The first-order chi connectivity index (χ1) is 10.0. The Morgan fingerprint density at radius 1 is 1.57 bits per heavy atom. The number of esters is 1. The van der Waals surface area contributed by atoms with Crippen LogP contribution in [-0.2, 0) is 22.7 Å². The first-order valence-electron chi connectivity index (χ1n) is 6.62. The second kappa shape index (κ2) is 8.86. The molecule has 0 aromatic carbocycles. The summed E-state index contributed by atoms with van der Waals surface area (Å²) in [5.41, 5.74) is 1.59. The van der Waals surface area contributed by atoms with Crippen LogP contribution in [0.2, 0.25) is 0 Å². The molecule has 1 aromatic rings. The van der Waals surface area contributed by atoms with Crippen LogP contribution in [0.4, 0.5) is 0 Å². The van der Waals surface area contributed by atoms with Crippen molar-refractivity contribution in [3.05, 3.63) is 23.0 Å². The van der Waals surface area contributed by atoms with E-state index in [-0.39, 0.29) is 24.9 Å². The van der Waals surface area contributed by atoms with Gasteiger partial charge >= 0.3 is 5.97 Å². The number of aliphatic hydroxyl groups excluding tert-OH is 1. The summed E-state index contributed by atoms with van der Waals surface area (Å²) < 4.78 is 4.77. The zero-order valence-corrected chi connectivity index (χ0v) is 13.4. The van der Waals surface area contributed by atoms with Gasteiger partial charge in [0.2, 0.25) is 0 Å². The third-order valence-electron chi connectivity index (χ3n) is 3.22. The fraction of sp³-hybridized carbons (Fsp3) is 0.571. The molecule has 0 saturated heterocycles. The molecule has 1 rings (SSSR count). The lowest BCUT2D eigenvalue weighted by molar-refractivity contribution is -0.143. The molecule has 0 spiro atoms. The van der Waals surface area contributed by atoms with Gasteiger partial charge in [-0.2, -0.15) is 11.8 Å². The summed E-state index contributed by atoms with van der Waals surface area (Å²) in [4.78, 5) is 15.7. The highest BCUT2D eigenvalue weighted by molar-refractivity contribution is 7.98. The zero-order chi connectivity index (χ0) is 15.8. The Bertz CT molecular complexity index is 482. The molecule has 0 aliphatic carbocycles. The monoisotopic (exact) mass is 314 g/mol. The maximum atomic E-state index is 11.7. The number of hydrogen-bond acceptors (Lipinski definition) is 7. The Balaban J connectivity index is 2.84. The summed E-state index contributed by atoms with van der Waals surface area (Å²) in [5.74, 6) is 0.531. The number of aromatic nitrogens is 1. The van der Waals surface area contributed by atoms with Crippen LogP contribution >= 0.6 is 11.8 Å². The van der Waals surface area contributed by atoms with Gasteiger partial charge in [-0.3, -0.25) is 9.78 Å². The van der Waals surface area contributed by atoms with E-state index in [0.29, 0.717) is 23.2 Å². The van der Waals surface area contributed by atoms with Crippen LogP contribution in [0.5, 0.6) is 5.75 Å². The van der Waals surface area contributed by atoms with Gasteiger partial charge < -0.3 is 20.3 Å². The van der Waals surface area contributed by atoms with Crippen molar-refractivity contribution in [2.45, 2.75) is 32.5 Å². The Hall–Kier alpha value is -1.31.